The molecule has 0 amide bonds. The molecule has 0 spiro atoms. The maximum atomic E-state index is 5.55. The topological polar surface area (TPSA) is 64.3 Å². The number of aryl methyl sites for hydroxylation is 1. The van der Waals surface area contributed by atoms with Gasteiger partial charge in [-0.3, -0.25) is 0 Å². The van der Waals surface area contributed by atoms with Gasteiger partial charge in [-0.1, -0.05) is 0 Å². The Morgan fingerprint density at radius 1 is 1.53 bits per heavy atom. The van der Waals surface area contributed by atoms with Crippen molar-refractivity contribution in [3.8, 4) is 0 Å². The van der Waals surface area contributed by atoms with E-state index in [0.29, 0.717) is 5.95 Å². The number of nitrogens with zero attached hydrogens (tertiary/aromatic N) is 3. The number of hydrogen-bond acceptors (Lipinski definition) is 5. The van der Waals surface area contributed by atoms with Crippen LogP contribution in [0, 0.1) is 6.92 Å². The van der Waals surface area contributed by atoms with E-state index in [1.165, 1.54) is 0 Å². The van der Waals surface area contributed by atoms with Crippen molar-refractivity contribution in [1.29, 1.82) is 0 Å². The van der Waals surface area contributed by atoms with E-state index in [1.54, 1.807) is 13.3 Å². The van der Waals surface area contributed by atoms with Crippen molar-refractivity contribution < 1.29 is 4.74 Å². The number of ether oxygens (including phenoxy) is 1. The number of hydrogen-bond donors (Lipinski definition) is 1. The molecule has 84 valence electrons. The average Bonchev–Trinajstić information content (AvgIpc) is 2.22. The molecule has 1 aromatic heterocycles. The first-order chi connectivity index (χ1) is 7.15. The molecule has 1 heterocycles. The molecular weight excluding hydrogens is 192 g/mol. The number of nitrogen functional groups attached to an aromatic ring is 1. The summed E-state index contributed by atoms with van der Waals surface area (Å²) in [5.41, 5.74) is 6.58. The lowest BCUT2D eigenvalue weighted by Crippen LogP contribution is -2.22. The lowest BCUT2D eigenvalue weighted by atomic mass is 10.3. The molecule has 5 heteroatoms. The summed E-state index contributed by atoms with van der Waals surface area (Å²) < 4.78 is 5.00. The summed E-state index contributed by atoms with van der Waals surface area (Å²) in [6.45, 7) is 3.62. The molecule has 0 aliphatic carbocycles. The molecule has 1 rings (SSSR count). The fraction of sp³-hybridized carbons (Fsp3) is 0.600. The minimum Gasteiger partial charge on any atom is -0.385 e. The Balaban J connectivity index is 2.64. The average molecular weight is 210 g/mol. The zero-order valence-electron chi connectivity index (χ0n) is 9.53. The molecule has 0 aliphatic heterocycles. The third-order valence-electron chi connectivity index (χ3n) is 2.17. The van der Waals surface area contributed by atoms with Crippen molar-refractivity contribution >= 4 is 11.8 Å². The molecule has 0 bridgehead atoms. The Bertz CT molecular complexity index is 316. The molecule has 2 N–H and O–H groups in total. The minimum absolute atomic E-state index is 0.314. The van der Waals surface area contributed by atoms with Gasteiger partial charge in [0.2, 0.25) is 5.95 Å². The summed E-state index contributed by atoms with van der Waals surface area (Å²) in [4.78, 5) is 10.2. The molecular formula is C10H18N4O. The lowest BCUT2D eigenvalue weighted by molar-refractivity contribution is 0.196. The van der Waals surface area contributed by atoms with E-state index in [9.17, 15) is 0 Å². The number of rotatable bonds is 5. The van der Waals surface area contributed by atoms with Crippen molar-refractivity contribution in [1.82, 2.24) is 9.97 Å². The van der Waals surface area contributed by atoms with Gasteiger partial charge >= 0.3 is 0 Å². The molecule has 0 aromatic carbocycles. The van der Waals surface area contributed by atoms with Crippen molar-refractivity contribution in [3.63, 3.8) is 0 Å². The highest BCUT2D eigenvalue weighted by Gasteiger charge is 2.06. The lowest BCUT2D eigenvalue weighted by Gasteiger charge is -2.19. The maximum Gasteiger partial charge on any atom is 0.221 e. The Morgan fingerprint density at radius 2 is 2.27 bits per heavy atom. The number of methoxy groups -OCH3 is 1. The van der Waals surface area contributed by atoms with Gasteiger partial charge in [0.05, 0.1) is 0 Å². The molecule has 0 atom stereocenters. The molecule has 15 heavy (non-hydrogen) atoms. The second kappa shape index (κ2) is 5.50. The Morgan fingerprint density at radius 3 is 2.93 bits per heavy atom. The van der Waals surface area contributed by atoms with Gasteiger partial charge in [0, 0.05) is 39.1 Å². The monoisotopic (exact) mass is 210 g/mol. The van der Waals surface area contributed by atoms with Gasteiger partial charge in [0.25, 0.3) is 0 Å². The molecule has 0 radical (unpaired) electrons. The van der Waals surface area contributed by atoms with Crippen LogP contribution in [0.1, 0.15) is 12.0 Å². The molecule has 1 aromatic rings. The van der Waals surface area contributed by atoms with Crippen LogP contribution in [-0.4, -0.2) is 37.3 Å². The fourth-order valence-electron chi connectivity index (χ4n) is 1.38. The second-order valence-corrected chi connectivity index (χ2v) is 3.50. The third-order valence-corrected chi connectivity index (χ3v) is 2.17. The normalized spacial score (nSPS) is 10.3. The summed E-state index contributed by atoms with van der Waals surface area (Å²) in [5, 5.41) is 0. The van der Waals surface area contributed by atoms with E-state index in [-0.39, 0.29) is 0 Å². The molecule has 5 nitrogen and oxygen atoms in total. The van der Waals surface area contributed by atoms with E-state index in [0.717, 1.165) is 31.0 Å². The molecule has 0 fully saturated rings. The van der Waals surface area contributed by atoms with Gasteiger partial charge < -0.3 is 15.4 Å². The molecule has 0 saturated heterocycles. The van der Waals surface area contributed by atoms with Gasteiger partial charge in [0.15, 0.2) is 0 Å². The van der Waals surface area contributed by atoms with Crippen LogP contribution in [0.4, 0.5) is 11.8 Å². The van der Waals surface area contributed by atoms with Crippen LogP contribution in [0.25, 0.3) is 0 Å². The highest BCUT2D eigenvalue weighted by molar-refractivity contribution is 5.47. The number of nitrogens with two attached hydrogens (primary N) is 1. The smallest absolute Gasteiger partial charge is 0.221 e. The van der Waals surface area contributed by atoms with Gasteiger partial charge in [-0.25, -0.2) is 4.98 Å². The largest absolute Gasteiger partial charge is 0.385 e. The van der Waals surface area contributed by atoms with Gasteiger partial charge in [-0.05, 0) is 13.3 Å². The van der Waals surface area contributed by atoms with Gasteiger partial charge in [-0.2, -0.15) is 4.98 Å². The summed E-state index contributed by atoms with van der Waals surface area (Å²) in [6, 6.07) is 0. The first-order valence-corrected chi connectivity index (χ1v) is 4.94. The van der Waals surface area contributed by atoms with Gasteiger partial charge in [-0.15, -0.1) is 0 Å². The second-order valence-electron chi connectivity index (χ2n) is 3.50. The van der Waals surface area contributed by atoms with Crippen molar-refractivity contribution in [2.45, 2.75) is 13.3 Å². The Hall–Kier alpha value is -1.36. The van der Waals surface area contributed by atoms with Crippen LogP contribution in [0.3, 0.4) is 0 Å². The summed E-state index contributed by atoms with van der Waals surface area (Å²) in [7, 11) is 3.69. The van der Waals surface area contributed by atoms with E-state index in [2.05, 4.69) is 14.9 Å². The summed E-state index contributed by atoms with van der Waals surface area (Å²) in [6.07, 6.45) is 2.71. The SMILES string of the molecule is COCCCN(C)c1nc(N)ncc1C. The van der Waals surface area contributed by atoms with Crippen molar-refractivity contribution in [2.24, 2.45) is 0 Å². The predicted molar refractivity (Wildman–Crippen MR) is 60.9 cm³/mol. The molecule has 0 saturated carbocycles. The van der Waals surface area contributed by atoms with E-state index in [4.69, 9.17) is 10.5 Å². The van der Waals surface area contributed by atoms with Crippen molar-refractivity contribution in [2.75, 3.05) is 37.9 Å². The first kappa shape index (κ1) is 11.7. The Labute approximate surface area is 90.3 Å². The first-order valence-electron chi connectivity index (χ1n) is 4.94. The zero-order valence-corrected chi connectivity index (χ0v) is 9.53. The quantitative estimate of drug-likeness (QED) is 0.730. The van der Waals surface area contributed by atoms with Crippen LogP contribution in [0.15, 0.2) is 6.20 Å². The van der Waals surface area contributed by atoms with E-state index < -0.39 is 0 Å². The standard InChI is InChI=1S/C10H18N4O/c1-8-7-12-10(11)13-9(8)14(2)5-4-6-15-3/h7H,4-6H2,1-3H3,(H2,11,12,13). The zero-order chi connectivity index (χ0) is 11.3. The van der Waals surface area contributed by atoms with Crippen LogP contribution < -0.4 is 10.6 Å². The summed E-state index contributed by atoms with van der Waals surface area (Å²) >= 11 is 0. The number of aromatic nitrogens is 2. The van der Waals surface area contributed by atoms with E-state index >= 15 is 0 Å². The van der Waals surface area contributed by atoms with Crippen LogP contribution in [-0.2, 0) is 4.74 Å². The molecule has 0 unspecified atom stereocenters. The summed E-state index contributed by atoms with van der Waals surface area (Å²) in [5.74, 6) is 1.20. The molecule has 0 aliphatic rings. The number of anilines is 2. The maximum absolute atomic E-state index is 5.55. The fourth-order valence-corrected chi connectivity index (χ4v) is 1.38. The van der Waals surface area contributed by atoms with E-state index in [1.807, 2.05) is 14.0 Å². The van der Waals surface area contributed by atoms with Crippen LogP contribution >= 0.6 is 0 Å². The van der Waals surface area contributed by atoms with Gasteiger partial charge in [0.1, 0.15) is 5.82 Å². The minimum atomic E-state index is 0.314. The van der Waals surface area contributed by atoms with Crippen LogP contribution in [0.2, 0.25) is 0 Å². The van der Waals surface area contributed by atoms with Crippen molar-refractivity contribution in [3.05, 3.63) is 11.8 Å². The highest BCUT2D eigenvalue weighted by Crippen LogP contribution is 2.15. The van der Waals surface area contributed by atoms with Crippen LogP contribution in [0.5, 0.6) is 0 Å². The highest BCUT2D eigenvalue weighted by atomic mass is 16.5. The Kier molecular flexibility index (Phi) is 4.30. The predicted octanol–water partition coefficient (Wildman–Crippen LogP) is 0.840. The third kappa shape index (κ3) is 3.36.